The van der Waals surface area contributed by atoms with Crippen LogP contribution in [0.25, 0.3) is 11.5 Å². The highest BCUT2D eigenvalue weighted by Gasteiger charge is 2.07. The van der Waals surface area contributed by atoms with E-state index in [0.717, 1.165) is 5.56 Å². The molecule has 3 rings (SSSR count). The summed E-state index contributed by atoms with van der Waals surface area (Å²) in [6, 6.07) is 15.5. The van der Waals surface area contributed by atoms with Gasteiger partial charge in [0.25, 0.3) is 0 Å². The molecule has 0 saturated heterocycles. The highest BCUT2D eigenvalue weighted by molar-refractivity contribution is 6.30. The molecule has 0 spiro atoms. The van der Waals surface area contributed by atoms with Gasteiger partial charge in [-0.3, -0.25) is 0 Å². The van der Waals surface area contributed by atoms with Crippen LogP contribution in [-0.2, 0) is 0 Å². The van der Waals surface area contributed by atoms with Crippen LogP contribution in [0.4, 0.5) is 0 Å². The Morgan fingerprint density at radius 3 is 2.75 bits per heavy atom. The van der Waals surface area contributed by atoms with Crippen molar-refractivity contribution in [3.8, 4) is 23.0 Å². The molecule has 2 aromatic carbocycles. The van der Waals surface area contributed by atoms with Crippen molar-refractivity contribution < 1.29 is 9.15 Å². The molecule has 0 aliphatic heterocycles. The number of ether oxygens (including phenoxy) is 1. The zero-order valence-electron chi connectivity index (χ0n) is 10.6. The molecule has 0 fully saturated rings. The van der Waals surface area contributed by atoms with Crippen LogP contribution in [0.2, 0.25) is 5.02 Å². The summed E-state index contributed by atoms with van der Waals surface area (Å²) < 4.78 is 11.1. The molecule has 0 aliphatic carbocycles. The topological polar surface area (TPSA) is 48.2 Å². The second kappa shape index (κ2) is 5.35. The maximum Gasteiger partial charge on any atom is 0.247 e. The highest BCUT2D eigenvalue weighted by Crippen LogP contribution is 2.27. The molecule has 0 unspecified atom stereocenters. The number of aromatic nitrogens is 2. The summed E-state index contributed by atoms with van der Waals surface area (Å²) in [4.78, 5) is 0. The minimum absolute atomic E-state index is 0.465. The molecule has 0 aliphatic rings. The quantitative estimate of drug-likeness (QED) is 0.720. The molecule has 3 aromatic rings. The van der Waals surface area contributed by atoms with Crippen molar-refractivity contribution in [1.82, 2.24) is 10.2 Å². The van der Waals surface area contributed by atoms with Crippen LogP contribution in [0.3, 0.4) is 0 Å². The monoisotopic (exact) mass is 285 g/mol. The number of benzene rings is 2. The van der Waals surface area contributed by atoms with Gasteiger partial charge in [-0.25, -0.2) is 0 Å². The lowest BCUT2D eigenvalue weighted by Gasteiger charge is -2.06. The Morgan fingerprint density at radius 2 is 2.00 bits per heavy atom. The van der Waals surface area contributed by atoms with Gasteiger partial charge in [0, 0.05) is 24.6 Å². The Morgan fingerprint density at radius 1 is 1.15 bits per heavy atom. The van der Waals surface area contributed by atoms with Gasteiger partial charge in [-0.15, -0.1) is 10.2 Å². The van der Waals surface area contributed by atoms with Crippen LogP contribution in [0.15, 0.2) is 46.9 Å². The van der Waals surface area contributed by atoms with Gasteiger partial charge in [0.1, 0.15) is 11.5 Å². The largest absolute Gasteiger partial charge is 0.457 e. The van der Waals surface area contributed by atoms with Crippen LogP contribution >= 0.6 is 11.6 Å². The van der Waals surface area contributed by atoms with Crippen LogP contribution in [0, 0.1) is 13.0 Å². The molecule has 5 heteroatoms. The van der Waals surface area contributed by atoms with E-state index in [-0.39, 0.29) is 0 Å². The van der Waals surface area contributed by atoms with Crippen LogP contribution in [0.1, 0.15) is 5.89 Å². The van der Waals surface area contributed by atoms with Crippen molar-refractivity contribution >= 4 is 11.6 Å². The summed E-state index contributed by atoms with van der Waals surface area (Å²) in [7, 11) is 0. The summed E-state index contributed by atoms with van der Waals surface area (Å²) in [5.41, 5.74) is 0.802. The van der Waals surface area contributed by atoms with E-state index < -0.39 is 0 Å². The number of hydrogen-bond donors (Lipinski definition) is 0. The standard InChI is InChI=1S/C15H10ClN2O2/c1-10-17-18-15(19-10)11-4-2-6-13(8-11)20-14-7-3-5-12(16)9-14/h2-4,6-9H,1H3. The van der Waals surface area contributed by atoms with Crippen molar-refractivity contribution in [1.29, 1.82) is 0 Å². The fourth-order valence-electron chi connectivity index (χ4n) is 1.72. The predicted octanol–water partition coefficient (Wildman–Crippen LogP) is 4.29. The first-order chi connectivity index (χ1) is 9.70. The van der Waals surface area contributed by atoms with Crippen LogP contribution in [-0.4, -0.2) is 10.2 Å². The molecule has 0 N–H and O–H groups in total. The summed E-state index contributed by atoms with van der Waals surface area (Å²) in [6.45, 7) is 1.75. The van der Waals surface area contributed by atoms with Crippen molar-refractivity contribution in [3.63, 3.8) is 0 Å². The number of hydrogen-bond acceptors (Lipinski definition) is 4. The Balaban J connectivity index is 1.88. The molecular formula is C15H10ClN2O2. The first-order valence-corrected chi connectivity index (χ1v) is 6.34. The van der Waals surface area contributed by atoms with E-state index in [1.165, 1.54) is 0 Å². The smallest absolute Gasteiger partial charge is 0.247 e. The van der Waals surface area contributed by atoms with Crippen molar-refractivity contribution in [2.24, 2.45) is 0 Å². The summed E-state index contributed by atoms with van der Waals surface area (Å²) in [5.74, 6) is 2.30. The third-order valence-electron chi connectivity index (χ3n) is 2.58. The van der Waals surface area contributed by atoms with Gasteiger partial charge in [-0.1, -0.05) is 17.7 Å². The second-order valence-corrected chi connectivity index (χ2v) is 4.54. The van der Waals surface area contributed by atoms with Gasteiger partial charge < -0.3 is 9.15 Å². The lowest BCUT2D eigenvalue weighted by molar-refractivity contribution is 0.482. The second-order valence-electron chi connectivity index (χ2n) is 4.13. The van der Waals surface area contributed by atoms with Gasteiger partial charge in [0.15, 0.2) is 0 Å². The summed E-state index contributed by atoms with van der Waals surface area (Å²) >= 11 is 5.87. The fourth-order valence-corrected chi connectivity index (χ4v) is 1.89. The van der Waals surface area contributed by atoms with Gasteiger partial charge in [-0.2, -0.15) is 0 Å². The average molecular weight is 286 g/mol. The lowest BCUT2D eigenvalue weighted by atomic mass is 10.2. The number of rotatable bonds is 3. The minimum atomic E-state index is 0.465. The molecule has 0 atom stereocenters. The normalized spacial score (nSPS) is 10.5. The number of halogens is 1. The average Bonchev–Trinajstić information content (AvgIpc) is 2.86. The molecule has 1 aromatic heterocycles. The van der Waals surface area contributed by atoms with Gasteiger partial charge in [-0.05, 0) is 30.3 Å². The third kappa shape index (κ3) is 2.81. The van der Waals surface area contributed by atoms with E-state index in [0.29, 0.717) is 28.3 Å². The Bertz CT molecular complexity index is 740. The molecule has 4 nitrogen and oxygen atoms in total. The fraction of sp³-hybridized carbons (Fsp3) is 0.0667. The maximum absolute atomic E-state index is 5.87. The van der Waals surface area contributed by atoms with E-state index in [2.05, 4.69) is 16.3 Å². The SMILES string of the molecule is Cc1nnc(-c2cccc(Oc3cc[c]c(Cl)c3)c2)o1. The predicted molar refractivity (Wildman–Crippen MR) is 74.8 cm³/mol. The molecule has 1 heterocycles. The summed E-state index contributed by atoms with van der Waals surface area (Å²) in [5, 5.41) is 8.29. The molecule has 1 radical (unpaired) electrons. The minimum Gasteiger partial charge on any atom is -0.457 e. The van der Waals surface area contributed by atoms with Crippen LogP contribution < -0.4 is 4.74 Å². The zero-order valence-corrected chi connectivity index (χ0v) is 11.4. The van der Waals surface area contributed by atoms with Crippen LogP contribution in [0.5, 0.6) is 11.5 Å². The van der Waals surface area contributed by atoms with Crippen molar-refractivity contribution in [3.05, 3.63) is 59.4 Å². The summed E-state index contributed by atoms with van der Waals surface area (Å²) in [6.07, 6.45) is 0. The zero-order chi connectivity index (χ0) is 13.9. The number of nitrogens with zero attached hydrogens (tertiary/aromatic N) is 2. The van der Waals surface area contributed by atoms with Gasteiger partial charge in [0.2, 0.25) is 11.8 Å². The van der Waals surface area contributed by atoms with E-state index >= 15 is 0 Å². The van der Waals surface area contributed by atoms with Gasteiger partial charge >= 0.3 is 0 Å². The molecule has 99 valence electrons. The van der Waals surface area contributed by atoms with Crippen molar-refractivity contribution in [2.45, 2.75) is 6.92 Å². The van der Waals surface area contributed by atoms with E-state index in [1.807, 2.05) is 24.3 Å². The first kappa shape index (κ1) is 12.7. The van der Waals surface area contributed by atoms with Gasteiger partial charge in [0.05, 0.1) is 5.02 Å². The molecule has 0 saturated carbocycles. The van der Waals surface area contributed by atoms with Crippen molar-refractivity contribution in [2.75, 3.05) is 0 Å². The molecule has 0 bridgehead atoms. The maximum atomic E-state index is 5.87. The highest BCUT2D eigenvalue weighted by atomic mass is 35.5. The van der Waals surface area contributed by atoms with E-state index in [9.17, 15) is 0 Å². The molecule has 20 heavy (non-hydrogen) atoms. The third-order valence-corrected chi connectivity index (χ3v) is 2.80. The Hall–Kier alpha value is -2.33. The first-order valence-electron chi connectivity index (χ1n) is 5.96. The Labute approximate surface area is 121 Å². The lowest BCUT2D eigenvalue weighted by Crippen LogP contribution is -1.85. The molecular weight excluding hydrogens is 276 g/mol. The number of aryl methyl sites for hydroxylation is 1. The van der Waals surface area contributed by atoms with E-state index in [4.69, 9.17) is 20.8 Å². The molecule has 0 amide bonds. The Kier molecular flexibility index (Phi) is 3.39. The van der Waals surface area contributed by atoms with E-state index in [1.54, 1.807) is 25.1 Å².